The smallest absolute Gasteiger partial charge is 0.229 e. The van der Waals surface area contributed by atoms with Crippen LogP contribution in [-0.2, 0) is 16.9 Å². The van der Waals surface area contributed by atoms with Gasteiger partial charge in [-0.2, -0.15) is 10.1 Å². The Morgan fingerprint density at radius 2 is 1.95 bits per heavy atom. The predicted octanol–water partition coefficient (Wildman–Crippen LogP) is 5.07. The number of hydrogen-bond acceptors (Lipinski definition) is 9. The third-order valence-electron chi connectivity index (χ3n) is 6.92. The zero-order valence-electron chi connectivity index (χ0n) is 22.3. The normalized spacial score (nSPS) is 19.8. The van der Waals surface area contributed by atoms with Crippen LogP contribution in [0.2, 0.25) is 5.02 Å². The molecule has 2 aliphatic rings. The summed E-state index contributed by atoms with van der Waals surface area (Å²) in [5.74, 6) is 1.50. The number of nitrogens with one attached hydrogen (secondary N) is 3. The second-order valence-corrected chi connectivity index (χ2v) is 13.8. The van der Waals surface area contributed by atoms with Gasteiger partial charge in [0.25, 0.3) is 0 Å². The molecule has 13 heteroatoms. The second-order valence-electron chi connectivity index (χ2n) is 10.4. The van der Waals surface area contributed by atoms with E-state index in [-0.39, 0.29) is 44.9 Å². The molecular weight excluding hydrogens is 561 g/mol. The van der Waals surface area contributed by atoms with Gasteiger partial charge >= 0.3 is 0 Å². The second kappa shape index (κ2) is 11.1. The van der Waals surface area contributed by atoms with Gasteiger partial charge in [0.1, 0.15) is 10.8 Å². The van der Waals surface area contributed by atoms with Crippen LogP contribution in [0.1, 0.15) is 50.2 Å². The fourth-order valence-corrected chi connectivity index (χ4v) is 6.19. The topological polar surface area (TPSA) is 123 Å². The van der Waals surface area contributed by atoms with Crippen LogP contribution in [0.3, 0.4) is 0 Å². The quantitative estimate of drug-likeness (QED) is 0.292. The molecule has 1 saturated heterocycles. The SMILES string of the molecule is Cc1cc(Nc2ncc(Cl)c(Nc3cn(C)nc3S(=O)(=O)C(C)C)n2)c(OC2CC2)cc1C1CCNCC1Cl. The summed E-state index contributed by atoms with van der Waals surface area (Å²) in [6.45, 7) is 7.00. The number of benzene rings is 1. The Morgan fingerprint density at radius 1 is 1.18 bits per heavy atom. The molecule has 0 radical (unpaired) electrons. The first-order valence-electron chi connectivity index (χ1n) is 13.0. The van der Waals surface area contributed by atoms with Crippen LogP contribution < -0.4 is 20.7 Å². The number of piperidine rings is 1. The van der Waals surface area contributed by atoms with Gasteiger partial charge in [0.05, 0.1) is 34.3 Å². The van der Waals surface area contributed by atoms with Gasteiger partial charge in [-0.25, -0.2) is 13.4 Å². The molecule has 2 fully saturated rings. The van der Waals surface area contributed by atoms with Crippen molar-refractivity contribution in [3.8, 4) is 5.75 Å². The summed E-state index contributed by atoms with van der Waals surface area (Å²) in [4.78, 5) is 8.90. The largest absolute Gasteiger partial charge is 0.488 e. The van der Waals surface area contributed by atoms with E-state index in [0.29, 0.717) is 0 Å². The maximum absolute atomic E-state index is 12.9. The Bertz CT molecular complexity index is 1470. The van der Waals surface area contributed by atoms with Crippen LogP contribution in [0, 0.1) is 6.92 Å². The van der Waals surface area contributed by atoms with Gasteiger partial charge in [-0.1, -0.05) is 11.6 Å². The Labute approximate surface area is 238 Å². The summed E-state index contributed by atoms with van der Waals surface area (Å²) < 4.78 is 33.4. The first-order valence-corrected chi connectivity index (χ1v) is 15.4. The van der Waals surface area contributed by atoms with Gasteiger partial charge in [0.2, 0.25) is 20.8 Å². The number of aryl methyl sites for hydroxylation is 2. The number of hydrogen-bond donors (Lipinski definition) is 3. The van der Waals surface area contributed by atoms with Gasteiger partial charge in [0.15, 0.2) is 5.82 Å². The first kappa shape index (κ1) is 27.9. The summed E-state index contributed by atoms with van der Waals surface area (Å²) in [5.41, 5.74) is 3.31. The molecule has 1 aliphatic heterocycles. The lowest BCUT2D eigenvalue weighted by Crippen LogP contribution is -2.36. The average Bonchev–Trinajstić information content (AvgIpc) is 3.62. The van der Waals surface area contributed by atoms with E-state index in [9.17, 15) is 8.42 Å². The monoisotopic (exact) mass is 593 g/mol. The zero-order chi connectivity index (χ0) is 27.9. The van der Waals surface area contributed by atoms with E-state index >= 15 is 0 Å². The number of anilines is 4. The van der Waals surface area contributed by atoms with E-state index in [0.717, 1.165) is 49.4 Å². The summed E-state index contributed by atoms with van der Waals surface area (Å²) >= 11 is 13.1. The van der Waals surface area contributed by atoms with Gasteiger partial charge in [-0.3, -0.25) is 4.68 Å². The van der Waals surface area contributed by atoms with E-state index < -0.39 is 15.1 Å². The van der Waals surface area contributed by atoms with E-state index in [2.05, 4.69) is 44.0 Å². The number of alkyl halides is 1. The van der Waals surface area contributed by atoms with Crippen molar-refractivity contribution in [3.63, 3.8) is 0 Å². The Hall–Kier alpha value is -2.60. The van der Waals surface area contributed by atoms with Crippen molar-refractivity contribution < 1.29 is 13.2 Å². The van der Waals surface area contributed by atoms with E-state index in [1.165, 1.54) is 16.4 Å². The molecule has 3 heterocycles. The number of aromatic nitrogens is 4. The minimum atomic E-state index is -3.64. The van der Waals surface area contributed by atoms with Crippen molar-refractivity contribution in [2.75, 3.05) is 23.7 Å². The molecule has 0 bridgehead atoms. The lowest BCUT2D eigenvalue weighted by atomic mass is 9.86. The molecule has 39 heavy (non-hydrogen) atoms. The third-order valence-corrected chi connectivity index (χ3v) is 9.74. The molecule has 1 aliphatic carbocycles. The Balaban J connectivity index is 1.45. The van der Waals surface area contributed by atoms with Crippen molar-refractivity contribution in [2.24, 2.45) is 7.05 Å². The standard InChI is InChI=1S/C26H33Cl2N7O3S/c1-14(2)39(36,37)25-22(13-35(4)34-25)31-24-20(28)12-30-26(33-24)32-21-9-15(3)18(10-23(21)38-16-5-6-16)17-7-8-29-11-19(17)27/h9-10,12-14,16-17,19,29H,5-8,11H2,1-4H3,(H2,30,31,32,33). The molecule has 0 amide bonds. The minimum Gasteiger partial charge on any atom is -0.488 e. The van der Waals surface area contributed by atoms with Crippen molar-refractivity contribution >= 4 is 56.2 Å². The number of halogens is 2. The molecule has 2 atom stereocenters. The van der Waals surface area contributed by atoms with Crippen LogP contribution in [0.15, 0.2) is 29.6 Å². The summed E-state index contributed by atoms with van der Waals surface area (Å²) in [6.07, 6.45) is 6.23. The highest BCUT2D eigenvalue weighted by atomic mass is 35.5. The zero-order valence-corrected chi connectivity index (χ0v) is 24.7. The predicted molar refractivity (Wildman–Crippen MR) is 154 cm³/mol. The average molecular weight is 595 g/mol. The fourth-order valence-electron chi connectivity index (χ4n) is 4.59. The summed E-state index contributed by atoms with van der Waals surface area (Å²) in [7, 11) is -1.98. The van der Waals surface area contributed by atoms with Crippen molar-refractivity contribution in [1.82, 2.24) is 25.1 Å². The van der Waals surface area contributed by atoms with Crippen molar-refractivity contribution in [2.45, 2.75) is 67.7 Å². The van der Waals surface area contributed by atoms with Crippen LogP contribution in [0.5, 0.6) is 5.75 Å². The number of ether oxygens (including phenoxy) is 1. The molecule has 1 saturated carbocycles. The molecule has 3 N–H and O–H groups in total. The molecule has 2 unspecified atom stereocenters. The maximum atomic E-state index is 12.9. The molecular formula is C26H33Cl2N7O3S. The van der Waals surface area contributed by atoms with Crippen LogP contribution in [-0.4, -0.2) is 58.0 Å². The van der Waals surface area contributed by atoms with Crippen molar-refractivity contribution in [3.05, 3.63) is 40.7 Å². The van der Waals surface area contributed by atoms with Gasteiger partial charge in [-0.05, 0) is 69.8 Å². The van der Waals surface area contributed by atoms with E-state index in [1.54, 1.807) is 27.1 Å². The molecule has 2 aromatic heterocycles. The molecule has 3 aromatic rings. The van der Waals surface area contributed by atoms with Gasteiger partial charge in [-0.15, -0.1) is 11.6 Å². The fraction of sp³-hybridized carbons (Fsp3) is 0.500. The lowest BCUT2D eigenvalue weighted by molar-refractivity contribution is 0.304. The highest BCUT2D eigenvalue weighted by molar-refractivity contribution is 7.92. The Morgan fingerprint density at radius 3 is 2.64 bits per heavy atom. The van der Waals surface area contributed by atoms with Crippen LogP contribution in [0.25, 0.3) is 0 Å². The third kappa shape index (κ3) is 6.11. The number of rotatable bonds is 9. The van der Waals surface area contributed by atoms with E-state index in [4.69, 9.17) is 27.9 Å². The van der Waals surface area contributed by atoms with Crippen LogP contribution in [0.4, 0.5) is 23.1 Å². The molecule has 1 aromatic carbocycles. The molecule has 5 rings (SSSR count). The molecule has 10 nitrogen and oxygen atoms in total. The molecule has 210 valence electrons. The van der Waals surface area contributed by atoms with Gasteiger partial charge < -0.3 is 20.7 Å². The number of nitrogens with zero attached hydrogens (tertiary/aromatic N) is 4. The summed E-state index contributed by atoms with van der Waals surface area (Å²) in [6, 6.07) is 4.13. The highest BCUT2D eigenvalue weighted by Gasteiger charge is 2.30. The van der Waals surface area contributed by atoms with Crippen molar-refractivity contribution in [1.29, 1.82) is 0 Å². The minimum absolute atomic E-state index is 0.00939. The summed E-state index contributed by atoms with van der Waals surface area (Å²) in [5, 5.41) is 13.4. The maximum Gasteiger partial charge on any atom is 0.229 e. The van der Waals surface area contributed by atoms with Gasteiger partial charge in [0, 0.05) is 25.7 Å². The number of sulfone groups is 1. The highest BCUT2D eigenvalue weighted by Crippen LogP contribution is 2.40. The lowest BCUT2D eigenvalue weighted by Gasteiger charge is -2.30. The first-order chi connectivity index (χ1) is 18.5. The van der Waals surface area contributed by atoms with Crippen LogP contribution >= 0.6 is 23.2 Å². The Kier molecular flexibility index (Phi) is 7.96. The molecule has 0 spiro atoms. The van der Waals surface area contributed by atoms with E-state index in [1.807, 2.05) is 6.07 Å².